The zero-order valence-corrected chi connectivity index (χ0v) is 19.0. The summed E-state index contributed by atoms with van der Waals surface area (Å²) in [4.78, 5) is 24.7. The summed E-state index contributed by atoms with van der Waals surface area (Å²) in [5.74, 6) is -1.24. The lowest BCUT2D eigenvalue weighted by atomic mass is 10.0. The Balaban J connectivity index is 1.69. The van der Waals surface area contributed by atoms with E-state index in [1.54, 1.807) is 36.4 Å². The van der Waals surface area contributed by atoms with Crippen molar-refractivity contribution < 1.29 is 22.7 Å². The molecule has 0 unspecified atom stereocenters. The van der Waals surface area contributed by atoms with Gasteiger partial charge < -0.3 is 10.1 Å². The summed E-state index contributed by atoms with van der Waals surface area (Å²) in [7, 11) is -2.78. The molecule has 0 aliphatic carbocycles. The van der Waals surface area contributed by atoms with E-state index in [0.29, 0.717) is 21.8 Å². The van der Waals surface area contributed by atoms with Crippen LogP contribution in [-0.4, -0.2) is 33.9 Å². The van der Waals surface area contributed by atoms with Crippen molar-refractivity contribution in [3.05, 3.63) is 76.3 Å². The zero-order valence-electron chi connectivity index (χ0n) is 16.6. The van der Waals surface area contributed by atoms with Crippen molar-refractivity contribution in [2.75, 3.05) is 23.3 Å². The van der Waals surface area contributed by atoms with Gasteiger partial charge in [-0.1, -0.05) is 41.4 Å². The van der Waals surface area contributed by atoms with E-state index >= 15 is 0 Å². The highest BCUT2D eigenvalue weighted by Crippen LogP contribution is 2.43. The number of carbonyl (C=O) groups is 2. The number of anilines is 2. The van der Waals surface area contributed by atoms with Crippen LogP contribution in [0.25, 0.3) is 11.1 Å². The highest BCUT2D eigenvalue weighted by molar-refractivity contribution is 7.93. The monoisotopic (exact) mass is 490 g/mol. The maximum absolute atomic E-state index is 13.3. The number of esters is 1. The van der Waals surface area contributed by atoms with E-state index in [1.165, 1.54) is 31.4 Å². The van der Waals surface area contributed by atoms with Crippen LogP contribution >= 0.6 is 23.2 Å². The molecule has 1 amide bonds. The van der Waals surface area contributed by atoms with Gasteiger partial charge in [-0.3, -0.25) is 9.10 Å². The molecule has 0 aromatic heterocycles. The largest absolute Gasteiger partial charge is 0.465 e. The SMILES string of the molecule is COC(=O)c1ccc(Cl)c(NC(=O)CN2c3ccc(Cl)cc3-c3ccccc3S2(=O)=O)c1. The summed E-state index contributed by atoms with van der Waals surface area (Å²) in [5.41, 5.74) is 1.78. The molecular weight excluding hydrogens is 475 g/mol. The van der Waals surface area contributed by atoms with Crippen LogP contribution in [0.4, 0.5) is 11.4 Å². The Morgan fingerprint density at radius 3 is 2.50 bits per heavy atom. The van der Waals surface area contributed by atoms with Gasteiger partial charge in [0.15, 0.2) is 0 Å². The van der Waals surface area contributed by atoms with Crippen molar-refractivity contribution in [2.24, 2.45) is 0 Å². The van der Waals surface area contributed by atoms with Crippen LogP contribution in [0.15, 0.2) is 65.6 Å². The first-order valence-corrected chi connectivity index (χ1v) is 11.5. The van der Waals surface area contributed by atoms with Gasteiger partial charge in [0, 0.05) is 16.1 Å². The Labute approximate surface area is 194 Å². The van der Waals surface area contributed by atoms with Crippen molar-refractivity contribution in [2.45, 2.75) is 4.90 Å². The van der Waals surface area contributed by atoms with Gasteiger partial charge in [-0.05, 0) is 42.5 Å². The number of benzene rings is 3. The van der Waals surface area contributed by atoms with Crippen LogP contribution in [0.2, 0.25) is 10.0 Å². The first kappa shape index (κ1) is 22.1. The Bertz CT molecular complexity index is 1360. The number of nitrogens with one attached hydrogen (secondary N) is 1. The fraction of sp³-hybridized carbons (Fsp3) is 0.0909. The molecule has 1 heterocycles. The number of carbonyl (C=O) groups excluding carboxylic acids is 2. The first-order valence-electron chi connectivity index (χ1n) is 9.32. The normalized spacial score (nSPS) is 13.7. The number of fused-ring (bicyclic) bond motifs is 3. The van der Waals surface area contributed by atoms with E-state index in [4.69, 9.17) is 23.2 Å². The van der Waals surface area contributed by atoms with Gasteiger partial charge in [0.2, 0.25) is 5.91 Å². The second kappa shape index (κ2) is 8.46. The average molecular weight is 491 g/mol. The lowest BCUT2D eigenvalue weighted by Crippen LogP contribution is -2.40. The molecule has 10 heteroatoms. The second-order valence-electron chi connectivity index (χ2n) is 6.90. The molecule has 1 aliphatic heterocycles. The number of nitrogens with zero attached hydrogens (tertiary/aromatic N) is 1. The van der Waals surface area contributed by atoms with Gasteiger partial charge in [-0.2, -0.15) is 0 Å². The number of halogens is 2. The molecule has 0 fully saturated rings. The highest BCUT2D eigenvalue weighted by atomic mass is 35.5. The molecule has 0 atom stereocenters. The maximum Gasteiger partial charge on any atom is 0.337 e. The minimum absolute atomic E-state index is 0.0771. The van der Waals surface area contributed by atoms with Crippen LogP contribution in [0, 0.1) is 0 Å². The van der Waals surface area contributed by atoms with Crippen LogP contribution < -0.4 is 9.62 Å². The Morgan fingerprint density at radius 1 is 1.00 bits per heavy atom. The van der Waals surface area contributed by atoms with Crippen molar-refractivity contribution in [1.29, 1.82) is 0 Å². The minimum atomic E-state index is -4.01. The van der Waals surface area contributed by atoms with Crippen LogP contribution in [-0.2, 0) is 19.6 Å². The Hall–Kier alpha value is -3.07. The molecule has 0 saturated carbocycles. The molecule has 0 spiro atoms. The summed E-state index contributed by atoms with van der Waals surface area (Å²) in [6, 6.07) is 15.6. The predicted octanol–water partition coefficient (Wildman–Crippen LogP) is 4.59. The van der Waals surface area contributed by atoms with Crippen molar-refractivity contribution in [3.8, 4) is 11.1 Å². The van der Waals surface area contributed by atoms with Gasteiger partial charge in [0.1, 0.15) is 6.54 Å². The summed E-state index contributed by atoms with van der Waals surface area (Å²) in [6.45, 7) is -0.510. The Kier molecular flexibility index (Phi) is 5.85. The molecule has 0 bridgehead atoms. The minimum Gasteiger partial charge on any atom is -0.465 e. The lowest BCUT2D eigenvalue weighted by molar-refractivity contribution is -0.114. The van der Waals surface area contributed by atoms with Crippen LogP contribution in [0.3, 0.4) is 0 Å². The molecule has 32 heavy (non-hydrogen) atoms. The third kappa shape index (κ3) is 3.92. The lowest BCUT2D eigenvalue weighted by Gasteiger charge is -2.31. The average Bonchev–Trinajstić information content (AvgIpc) is 2.78. The number of rotatable bonds is 4. The van der Waals surface area contributed by atoms with Gasteiger partial charge in [-0.25, -0.2) is 13.2 Å². The standard InChI is InChI=1S/C22H16Cl2N2O5S/c1-31-22(28)13-6-8-17(24)18(10-13)25-21(27)12-26-19-9-7-14(23)11-16(19)15-4-2-3-5-20(15)32(26,29)30/h2-11H,12H2,1H3,(H,25,27). The molecule has 1 N–H and O–H groups in total. The summed E-state index contributed by atoms with van der Waals surface area (Å²) < 4.78 is 32.3. The van der Waals surface area contributed by atoms with Crippen molar-refractivity contribution in [1.82, 2.24) is 0 Å². The summed E-state index contributed by atoms with van der Waals surface area (Å²) in [6.07, 6.45) is 0. The first-order chi connectivity index (χ1) is 15.2. The number of methoxy groups -OCH3 is 1. The Morgan fingerprint density at radius 2 is 1.75 bits per heavy atom. The molecular formula is C22H16Cl2N2O5S. The third-order valence-corrected chi connectivity index (χ3v) is 7.30. The van der Waals surface area contributed by atoms with E-state index in [2.05, 4.69) is 10.1 Å². The van der Waals surface area contributed by atoms with Crippen LogP contribution in [0.1, 0.15) is 10.4 Å². The van der Waals surface area contributed by atoms with Crippen molar-refractivity contribution in [3.63, 3.8) is 0 Å². The predicted molar refractivity (Wildman–Crippen MR) is 123 cm³/mol. The highest BCUT2D eigenvalue weighted by Gasteiger charge is 2.36. The molecule has 164 valence electrons. The third-order valence-electron chi connectivity index (χ3n) is 4.92. The molecule has 1 aliphatic rings. The molecule has 4 rings (SSSR count). The number of ether oxygens (including phenoxy) is 1. The number of hydrogen-bond donors (Lipinski definition) is 1. The van der Waals surface area contributed by atoms with E-state index in [9.17, 15) is 18.0 Å². The molecule has 3 aromatic rings. The number of amides is 1. The van der Waals surface area contributed by atoms with Gasteiger partial charge in [0.25, 0.3) is 10.0 Å². The van der Waals surface area contributed by atoms with Crippen molar-refractivity contribution >= 4 is 56.5 Å². The molecule has 0 radical (unpaired) electrons. The molecule has 3 aromatic carbocycles. The fourth-order valence-electron chi connectivity index (χ4n) is 3.46. The van der Waals surface area contributed by atoms with E-state index in [-0.39, 0.29) is 21.2 Å². The smallest absolute Gasteiger partial charge is 0.337 e. The van der Waals surface area contributed by atoms with E-state index in [0.717, 1.165) is 4.31 Å². The number of sulfonamides is 1. The summed E-state index contributed by atoms with van der Waals surface area (Å²) in [5, 5.41) is 3.19. The quantitative estimate of drug-likeness (QED) is 0.539. The van der Waals surface area contributed by atoms with E-state index < -0.39 is 28.4 Å². The molecule has 0 saturated heterocycles. The van der Waals surface area contributed by atoms with Gasteiger partial charge in [-0.15, -0.1) is 0 Å². The molecule has 7 nitrogen and oxygen atoms in total. The maximum atomic E-state index is 13.3. The van der Waals surface area contributed by atoms with Gasteiger partial charge in [0.05, 0.1) is 34.0 Å². The second-order valence-corrected chi connectivity index (χ2v) is 9.58. The van der Waals surface area contributed by atoms with E-state index in [1.807, 2.05) is 0 Å². The zero-order chi connectivity index (χ0) is 23.0. The topological polar surface area (TPSA) is 92.8 Å². The summed E-state index contributed by atoms with van der Waals surface area (Å²) >= 11 is 12.3. The van der Waals surface area contributed by atoms with Gasteiger partial charge >= 0.3 is 5.97 Å². The fourth-order valence-corrected chi connectivity index (χ4v) is 5.45. The number of hydrogen-bond acceptors (Lipinski definition) is 5. The van der Waals surface area contributed by atoms with Crippen LogP contribution in [0.5, 0.6) is 0 Å².